The van der Waals surface area contributed by atoms with E-state index in [1.165, 1.54) is 6.33 Å². The molecule has 0 aliphatic rings. The van der Waals surface area contributed by atoms with Crippen molar-refractivity contribution in [2.24, 2.45) is 5.14 Å². The van der Waals surface area contributed by atoms with E-state index in [1.807, 2.05) is 0 Å². The largest absolute Gasteiger partial charge is 0.247 e. The summed E-state index contributed by atoms with van der Waals surface area (Å²) in [6.07, 6.45) is 1.40. The van der Waals surface area contributed by atoms with E-state index >= 15 is 0 Å². The van der Waals surface area contributed by atoms with Gasteiger partial charge in [-0.3, -0.25) is 0 Å². The number of hydrogen-bond donors (Lipinski definition) is 1. The maximum Gasteiger partial charge on any atom is 0.120 e. The molecule has 0 radical (unpaired) electrons. The van der Waals surface area contributed by atoms with Crippen LogP contribution in [0.3, 0.4) is 0 Å². The molecule has 0 saturated heterocycles. The Balaban J connectivity index is 3.53. The van der Waals surface area contributed by atoms with Gasteiger partial charge in [-0.25, -0.2) is 19.3 Å². The number of nitrogens with two attached hydrogens (primary N) is 1. The SMILES string of the molecule is Cc1ncnc(C)c1S(N)(=O)=S. The van der Waals surface area contributed by atoms with Crippen LogP contribution in [0.5, 0.6) is 0 Å². The average Bonchev–Trinajstić information content (AvgIpc) is 1.82. The zero-order valence-corrected chi connectivity index (χ0v) is 8.41. The second kappa shape index (κ2) is 3.04. The molecule has 1 aromatic rings. The van der Waals surface area contributed by atoms with Gasteiger partial charge >= 0.3 is 0 Å². The lowest BCUT2D eigenvalue weighted by Crippen LogP contribution is -2.15. The second-order valence-electron chi connectivity index (χ2n) is 2.42. The van der Waals surface area contributed by atoms with E-state index in [0.717, 1.165) is 0 Å². The van der Waals surface area contributed by atoms with E-state index in [4.69, 9.17) is 5.14 Å². The third-order valence-corrected chi connectivity index (χ3v) is 3.10. The van der Waals surface area contributed by atoms with Gasteiger partial charge in [-0.1, -0.05) is 0 Å². The maximum atomic E-state index is 11.3. The highest BCUT2D eigenvalue weighted by Crippen LogP contribution is 2.13. The van der Waals surface area contributed by atoms with Crippen LogP contribution in [0.15, 0.2) is 11.2 Å². The molecular formula is C6H9N3OS2. The Labute approximate surface area is 76.0 Å². The van der Waals surface area contributed by atoms with E-state index in [-0.39, 0.29) is 0 Å². The van der Waals surface area contributed by atoms with E-state index < -0.39 is 8.68 Å². The zero-order chi connectivity index (χ0) is 9.35. The van der Waals surface area contributed by atoms with Gasteiger partial charge in [-0.15, -0.1) is 0 Å². The van der Waals surface area contributed by atoms with Crippen LogP contribution >= 0.6 is 0 Å². The minimum Gasteiger partial charge on any atom is -0.247 e. The number of nitrogens with zero attached hydrogens (tertiary/aromatic N) is 2. The van der Waals surface area contributed by atoms with Crippen LogP contribution in [0.25, 0.3) is 0 Å². The first-order valence-corrected chi connectivity index (χ1v) is 5.78. The van der Waals surface area contributed by atoms with Gasteiger partial charge in [0.2, 0.25) is 0 Å². The molecule has 0 amide bonds. The minimum absolute atomic E-state index is 0.389. The molecule has 0 saturated carbocycles. The molecule has 0 bridgehead atoms. The Hall–Kier alpha value is -0.590. The van der Waals surface area contributed by atoms with E-state index in [2.05, 4.69) is 21.2 Å². The molecule has 0 spiro atoms. The van der Waals surface area contributed by atoms with Crippen LogP contribution in [0, 0.1) is 13.8 Å². The van der Waals surface area contributed by atoms with Gasteiger partial charge in [-0.2, -0.15) is 0 Å². The Morgan fingerprint density at radius 2 is 1.83 bits per heavy atom. The lowest BCUT2D eigenvalue weighted by atomic mass is 10.4. The summed E-state index contributed by atoms with van der Waals surface area (Å²) in [5.74, 6) is 0. The summed E-state index contributed by atoms with van der Waals surface area (Å²) in [6, 6.07) is 0. The van der Waals surface area contributed by atoms with Crippen LogP contribution in [0.1, 0.15) is 11.4 Å². The zero-order valence-electron chi connectivity index (χ0n) is 6.77. The predicted octanol–water partition coefficient (Wildman–Crippen LogP) is 0.0723. The highest BCUT2D eigenvalue weighted by molar-refractivity contribution is 8.31. The van der Waals surface area contributed by atoms with Crippen LogP contribution in [-0.2, 0) is 19.9 Å². The quantitative estimate of drug-likeness (QED) is 0.701. The topological polar surface area (TPSA) is 68.9 Å². The van der Waals surface area contributed by atoms with E-state index in [0.29, 0.717) is 16.3 Å². The molecular weight excluding hydrogens is 194 g/mol. The second-order valence-corrected chi connectivity index (χ2v) is 5.40. The monoisotopic (exact) mass is 203 g/mol. The average molecular weight is 203 g/mol. The van der Waals surface area contributed by atoms with Crippen molar-refractivity contribution in [3.63, 3.8) is 0 Å². The predicted molar refractivity (Wildman–Crippen MR) is 49.5 cm³/mol. The molecule has 0 aliphatic heterocycles. The Kier molecular flexibility index (Phi) is 2.41. The van der Waals surface area contributed by atoms with E-state index in [1.54, 1.807) is 13.8 Å². The maximum absolute atomic E-state index is 11.3. The van der Waals surface area contributed by atoms with Gasteiger partial charge in [0.15, 0.2) is 0 Å². The third-order valence-electron chi connectivity index (χ3n) is 1.44. The standard InChI is InChI=1S/C6H9N3OS2/c1-4-6(12(7,10)11)5(2)9-3-8-4/h3H,1-2H3,(H2,7,10,11). The van der Waals surface area contributed by atoms with Crippen LogP contribution in [0.4, 0.5) is 0 Å². The van der Waals surface area contributed by atoms with Crippen LogP contribution in [0.2, 0.25) is 0 Å². The third kappa shape index (κ3) is 1.77. The summed E-state index contributed by atoms with van der Waals surface area (Å²) < 4.78 is 11.3. The van der Waals surface area contributed by atoms with Crippen molar-refractivity contribution in [3.8, 4) is 0 Å². The molecule has 1 aromatic heterocycles. The Morgan fingerprint density at radius 1 is 1.42 bits per heavy atom. The molecule has 0 fully saturated rings. The molecule has 1 atom stereocenters. The molecule has 12 heavy (non-hydrogen) atoms. The van der Waals surface area contributed by atoms with Gasteiger partial charge in [0, 0.05) is 11.2 Å². The minimum atomic E-state index is -2.86. The molecule has 1 rings (SSSR count). The number of aromatic nitrogens is 2. The summed E-state index contributed by atoms with van der Waals surface area (Å²) in [4.78, 5) is 8.13. The van der Waals surface area contributed by atoms with Crippen molar-refractivity contribution in [1.82, 2.24) is 9.97 Å². The molecule has 4 nitrogen and oxygen atoms in total. The fraction of sp³-hybridized carbons (Fsp3) is 0.333. The first-order chi connectivity index (χ1) is 5.43. The van der Waals surface area contributed by atoms with E-state index in [9.17, 15) is 4.21 Å². The first kappa shape index (κ1) is 9.50. The summed E-state index contributed by atoms with van der Waals surface area (Å²) in [5.41, 5.74) is 1.18. The highest BCUT2D eigenvalue weighted by atomic mass is 32.8. The fourth-order valence-electron chi connectivity index (χ4n) is 0.993. The summed E-state index contributed by atoms with van der Waals surface area (Å²) in [7, 11) is -2.86. The Bertz CT molecular complexity index is 379. The molecule has 66 valence electrons. The molecule has 1 heterocycles. The van der Waals surface area contributed by atoms with Gasteiger partial charge in [0.05, 0.1) is 16.3 Å². The van der Waals surface area contributed by atoms with Crippen molar-refractivity contribution in [3.05, 3.63) is 17.7 Å². The lowest BCUT2D eigenvalue weighted by Gasteiger charge is -2.05. The van der Waals surface area contributed by atoms with Crippen LogP contribution in [-0.4, -0.2) is 14.2 Å². The summed E-state index contributed by atoms with van der Waals surface area (Å²) in [6.45, 7) is 3.42. The smallest absolute Gasteiger partial charge is 0.120 e. The van der Waals surface area contributed by atoms with Gasteiger partial charge in [0.25, 0.3) is 0 Å². The van der Waals surface area contributed by atoms with Gasteiger partial charge in [-0.05, 0) is 13.8 Å². The van der Waals surface area contributed by atoms with Crippen molar-refractivity contribution >= 4 is 19.9 Å². The molecule has 1 unspecified atom stereocenters. The van der Waals surface area contributed by atoms with Crippen molar-refractivity contribution in [2.45, 2.75) is 18.7 Å². The van der Waals surface area contributed by atoms with Crippen molar-refractivity contribution in [2.75, 3.05) is 0 Å². The summed E-state index contributed by atoms with van der Waals surface area (Å²) in [5, 5.41) is 5.32. The lowest BCUT2D eigenvalue weighted by molar-refractivity contribution is 0.680. The van der Waals surface area contributed by atoms with Crippen LogP contribution < -0.4 is 5.14 Å². The molecule has 6 heteroatoms. The molecule has 2 N–H and O–H groups in total. The fourth-order valence-corrected chi connectivity index (χ4v) is 2.65. The Morgan fingerprint density at radius 3 is 2.08 bits per heavy atom. The molecule has 0 aliphatic carbocycles. The molecule has 0 aromatic carbocycles. The van der Waals surface area contributed by atoms with Gasteiger partial charge in [0.1, 0.15) is 15.0 Å². The first-order valence-electron chi connectivity index (χ1n) is 3.24. The number of rotatable bonds is 1. The van der Waals surface area contributed by atoms with Crippen molar-refractivity contribution in [1.29, 1.82) is 0 Å². The highest BCUT2D eigenvalue weighted by Gasteiger charge is 2.12. The summed E-state index contributed by atoms with van der Waals surface area (Å²) >= 11 is 4.65. The number of hydrogen-bond acceptors (Lipinski definition) is 4. The number of aryl methyl sites for hydroxylation is 2. The van der Waals surface area contributed by atoms with Crippen molar-refractivity contribution < 1.29 is 4.21 Å². The normalized spacial score (nSPS) is 15.6. The van der Waals surface area contributed by atoms with Gasteiger partial charge < -0.3 is 0 Å².